The largest absolute Gasteiger partial charge is 0.444 e. The standard InChI is InChI=1S/C18H22BN3O2/c1-18(2,3)24-17(23)22-12-6-4-10(8-12)15(22)16-20-13-7-5-11(19)9-14(13)21-16/h5,7,9-10,12,15H,4,6,8H2,1-3H3,(H,20,21)/t10?,12-,15?/m1/s1. The molecule has 2 aliphatic rings. The Labute approximate surface area is 143 Å². The molecular weight excluding hydrogens is 301 g/mol. The highest BCUT2D eigenvalue weighted by atomic mass is 16.6. The number of carbonyl (C=O) groups is 1. The monoisotopic (exact) mass is 323 g/mol. The number of carbonyl (C=O) groups excluding carboxylic acids is 1. The summed E-state index contributed by atoms with van der Waals surface area (Å²) in [7, 11) is 5.86. The molecule has 2 heterocycles. The summed E-state index contributed by atoms with van der Waals surface area (Å²) in [6.07, 6.45) is 2.98. The van der Waals surface area contributed by atoms with E-state index in [2.05, 4.69) is 4.98 Å². The van der Waals surface area contributed by atoms with Crippen molar-refractivity contribution in [3.05, 3.63) is 24.0 Å². The van der Waals surface area contributed by atoms with Crippen molar-refractivity contribution in [1.82, 2.24) is 14.9 Å². The zero-order valence-corrected chi connectivity index (χ0v) is 14.4. The van der Waals surface area contributed by atoms with Crippen molar-refractivity contribution in [2.45, 2.75) is 57.7 Å². The van der Waals surface area contributed by atoms with Gasteiger partial charge in [0.25, 0.3) is 0 Å². The smallest absolute Gasteiger partial charge is 0.411 e. The van der Waals surface area contributed by atoms with Crippen LogP contribution in [0.2, 0.25) is 0 Å². The number of rotatable bonds is 1. The van der Waals surface area contributed by atoms with Gasteiger partial charge in [-0.3, -0.25) is 4.90 Å². The summed E-state index contributed by atoms with van der Waals surface area (Å²) in [5, 5.41) is 0. The number of fused-ring (bicyclic) bond motifs is 3. The molecule has 4 rings (SSSR count). The van der Waals surface area contributed by atoms with E-state index in [0.717, 1.165) is 36.1 Å². The molecule has 124 valence electrons. The Kier molecular flexibility index (Phi) is 3.41. The second-order valence-electron chi connectivity index (χ2n) is 7.96. The van der Waals surface area contributed by atoms with Gasteiger partial charge in [-0.05, 0) is 58.1 Å². The predicted octanol–water partition coefficient (Wildman–Crippen LogP) is 2.82. The third kappa shape index (κ3) is 2.58. The summed E-state index contributed by atoms with van der Waals surface area (Å²) in [6.45, 7) is 5.70. The summed E-state index contributed by atoms with van der Waals surface area (Å²) in [4.78, 5) is 22.7. The molecule has 2 unspecified atom stereocenters. The fraction of sp³-hybridized carbons (Fsp3) is 0.556. The molecule has 1 saturated carbocycles. The number of nitrogens with one attached hydrogen (secondary N) is 1. The summed E-state index contributed by atoms with van der Waals surface area (Å²) < 4.78 is 5.64. The molecule has 2 radical (unpaired) electrons. The Morgan fingerprint density at radius 1 is 1.38 bits per heavy atom. The fourth-order valence-electron chi connectivity index (χ4n) is 4.10. The number of imidazole rings is 1. The van der Waals surface area contributed by atoms with Crippen LogP contribution >= 0.6 is 0 Å². The Balaban J connectivity index is 1.69. The molecule has 0 spiro atoms. The van der Waals surface area contributed by atoms with Crippen LogP contribution in [0.1, 0.15) is 51.9 Å². The van der Waals surface area contributed by atoms with Crippen LogP contribution in [0.4, 0.5) is 4.79 Å². The van der Waals surface area contributed by atoms with Crippen LogP contribution in [-0.2, 0) is 4.74 Å². The van der Waals surface area contributed by atoms with Crippen LogP contribution < -0.4 is 5.46 Å². The number of amides is 1. The van der Waals surface area contributed by atoms with Crippen molar-refractivity contribution >= 4 is 30.4 Å². The quantitative estimate of drug-likeness (QED) is 0.821. The van der Waals surface area contributed by atoms with Gasteiger partial charge in [-0.15, -0.1) is 0 Å². The number of ether oxygens (including phenoxy) is 1. The molecule has 1 saturated heterocycles. The number of H-pyrrole nitrogens is 1. The normalized spacial score (nSPS) is 26.3. The Hall–Kier alpha value is -1.98. The first-order valence-electron chi connectivity index (χ1n) is 8.58. The van der Waals surface area contributed by atoms with Gasteiger partial charge in [-0.2, -0.15) is 0 Å². The minimum atomic E-state index is -0.494. The minimum Gasteiger partial charge on any atom is -0.444 e. The van der Waals surface area contributed by atoms with Gasteiger partial charge in [0, 0.05) is 6.04 Å². The van der Waals surface area contributed by atoms with Gasteiger partial charge in [-0.1, -0.05) is 11.5 Å². The number of piperidine rings is 1. The first-order valence-corrected chi connectivity index (χ1v) is 8.58. The number of hydrogen-bond donors (Lipinski definition) is 1. The van der Waals surface area contributed by atoms with Crippen molar-refractivity contribution in [2.24, 2.45) is 5.92 Å². The Bertz CT molecular complexity index is 795. The van der Waals surface area contributed by atoms with E-state index in [9.17, 15) is 4.79 Å². The van der Waals surface area contributed by atoms with E-state index in [1.54, 1.807) is 0 Å². The van der Waals surface area contributed by atoms with Crippen molar-refractivity contribution < 1.29 is 9.53 Å². The molecule has 24 heavy (non-hydrogen) atoms. The molecule has 2 aromatic rings. The van der Waals surface area contributed by atoms with Crippen LogP contribution in [0, 0.1) is 5.92 Å². The van der Waals surface area contributed by atoms with Gasteiger partial charge in [-0.25, -0.2) is 9.78 Å². The van der Waals surface area contributed by atoms with Crippen molar-refractivity contribution in [1.29, 1.82) is 0 Å². The molecule has 1 aromatic carbocycles. The van der Waals surface area contributed by atoms with Crippen LogP contribution in [0.25, 0.3) is 11.0 Å². The summed E-state index contributed by atoms with van der Waals surface area (Å²) in [6, 6.07) is 5.87. The van der Waals surface area contributed by atoms with E-state index in [-0.39, 0.29) is 18.2 Å². The van der Waals surface area contributed by atoms with Crippen molar-refractivity contribution in [2.75, 3.05) is 0 Å². The van der Waals surface area contributed by atoms with Gasteiger partial charge in [0.05, 0.1) is 17.1 Å². The maximum Gasteiger partial charge on any atom is 0.411 e. The number of likely N-dealkylation sites (tertiary alicyclic amines) is 1. The number of aromatic amines is 1. The molecular formula is C18H22BN3O2. The highest BCUT2D eigenvalue weighted by Crippen LogP contribution is 2.50. The fourth-order valence-corrected chi connectivity index (χ4v) is 4.10. The van der Waals surface area contributed by atoms with Crippen LogP contribution in [0.3, 0.4) is 0 Å². The lowest BCUT2D eigenvalue weighted by atomic mass is 9.96. The summed E-state index contributed by atoms with van der Waals surface area (Å²) >= 11 is 0. The van der Waals surface area contributed by atoms with Crippen LogP contribution in [0.15, 0.2) is 18.2 Å². The van der Waals surface area contributed by atoms with Crippen LogP contribution in [0.5, 0.6) is 0 Å². The summed E-state index contributed by atoms with van der Waals surface area (Å²) in [5.74, 6) is 1.29. The lowest BCUT2D eigenvalue weighted by Crippen LogP contribution is -2.43. The molecule has 1 aromatic heterocycles. The summed E-state index contributed by atoms with van der Waals surface area (Å²) in [5.41, 5.74) is 2.00. The number of benzene rings is 1. The zero-order valence-electron chi connectivity index (χ0n) is 14.4. The van der Waals surface area contributed by atoms with Crippen LogP contribution in [-0.4, -0.2) is 40.5 Å². The van der Waals surface area contributed by atoms with Gasteiger partial charge >= 0.3 is 6.09 Å². The van der Waals surface area contributed by atoms with E-state index >= 15 is 0 Å². The van der Waals surface area contributed by atoms with E-state index in [4.69, 9.17) is 17.6 Å². The first kappa shape index (κ1) is 15.5. The Morgan fingerprint density at radius 2 is 2.17 bits per heavy atom. The molecule has 2 bridgehead atoms. The number of aromatic nitrogens is 2. The van der Waals surface area contributed by atoms with Crippen molar-refractivity contribution in [3.63, 3.8) is 0 Å². The molecule has 1 aliphatic heterocycles. The minimum absolute atomic E-state index is 0.0350. The van der Waals surface area contributed by atoms with Gasteiger partial charge < -0.3 is 9.72 Å². The predicted molar refractivity (Wildman–Crippen MR) is 93.4 cm³/mol. The van der Waals surface area contributed by atoms with E-state index < -0.39 is 5.60 Å². The average molecular weight is 323 g/mol. The van der Waals surface area contributed by atoms with Gasteiger partial charge in [0.15, 0.2) is 0 Å². The highest BCUT2D eigenvalue weighted by Gasteiger charge is 2.51. The lowest BCUT2D eigenvalue weighted by molar-refractivity contribution is 0.00623. The zero-order chi connectivity index (χ0) is 17.1. The Morgan fingerprint density at radius 3 is 2.92 bits per heavy atom. The third-order valence-corrected chi connectivity index (χ3v) is 4.99. The molecule has 2 fully saturated rings. The second-order valence-corrected chi connectivity index (χ2v) is 7.96. The molecule has 5 nitrogen and oxygen atoms in total. The SMILES string of the molecule is [B]c1ccc2nc(C3C4CC[C@H](C4)N3C(=O)OC(C)(C)C)[nH]c2c1. The molecule has 6 heteroatoms. The average Bonchev–Trinajstić information content (AvgIpc) is 3.17. The van der Waals surface area contributed by atoms with E-state index in [1.807, 2.05) is 43.9 Å². The maximum atomic E-state index is 12.7. The number of nitrogens with zero attached hydrogens (tertiary/aromatic N) is 2. The third-order valence-electron chi connectivity index (χ3n) is 4.99. The topological polar surface area (TPSA) is 58.2 Å². The maximum absolute atomic E-state index is 12.7. The van der Waals surface area contributed by atoms with Gasteiger partial charge in [0.1, 0.15) is 19.3 Å². The molecule has 1 N–H and O–H groups in total. The molecule has 1 aliphatic carbocycles. The lowest BCUT2D eigenvalue weighted by Gasteiger charge is -2.35. The van der Waals surface area contributed by atoms with Crippen molar-refractivity contribution in [3.8, 4) is 0 Å². The molecule has 3 atom stereocenters. The first-order chi connectivity index (χ1) is 11.3. The van der Waals surface area contributed by atoms with E-state index in [1.165, 1.54) is 0 Å². The van der Waals surface area contributed by atoms with E-state index in [0.29, 0.717) is 11.4 Å². The van der Waals surface area contributed by atoms with Gasteiger partial charge in [0.2, 0.25) is 0 Å². The molecule has 1 amide bonds. The highest BCUT2D eigenvalue weighted by molar-refractivity contribution is 6.33. The second kappa shape index (κ2) is 5.26. The number of hydrogen-bond acceptors (Lipinski definition) is 3.